The molecule has 0 aliphatic heterocycles. The van der Waals surface area contributed by atoms with Crippen LogP contribution in [0.5, 0.6) is 0 Å². The van der Waals surface area contributed by atoms with Crippen molar-refractivity contribution in [3.8, 4) is 0 Å². The van der Waals surface area contributed by atoms with E-state index in [0.29, 0.717) is 18.6 Å². The molecular formula is C13H19ClF4N2O2S. The summed E-state index contributed by atoms with van der Waals surface area (Å²) >= 11 is 0. The molecule has 1 rings (SSSR count). The largest absolute Gasteiger partial charge is 0.419 e. The molecule has 0 saturated heterocycles. The number of nitrogens with two attached hydrogens (primary N) is 1. The summed E-state index contributed by atoms with van der Waals surface area (Å²) in [7, 11) is -4.12. The highest BCUT2D eigenvalue weighted by Crippen LogP contribution is 2.32. The number of nitrogens with one attached hydrogen (secondary N) is 1. The maximum Gasteiger partial charge on any atom is 0.419 e. The molecule has 1 unspecified atom stereocenters. The lowest BCUT2D eigenvalue weighted by Gasteiger charge is -2.17. The van der Waals surface area contributed by atoms with Crippen molar-refractivity contribution in [1.82, 2.24) is 4.72 Å². The van der Waals surface area contributed by atoms with E-state index >= 15 is 0 Å². The van der Waals surface area contributed by atoms with Crippen molar-refractivity contribution in [3.63, 3.8) is 0 Å². The number of halogens is 5. The van der Waals surface area contributed by atoms with Gasteiger partial charge in [-0.15, -0.1) is 12.4 Å². The molecule has 0 aliphatic rings. The fraction of sp³-hybridized carbons (Fsp3) is 0.538. The third kappa shape index (κ3) is 6.25. The Labute approximate surface area is 138 Å². The molecule has 23 heavy (non-hydrogen) atoms. The highest BCUT2D eigenvalue weighted by atomic mass is 35.5. The van der Waals surface area contributed by atoms with Gasteiger partial charge in [0.2, 0.25) is 10.0 Å². The van der Waals surface area contributed by atoms with Gasteiger partial charge in [0.15, 0.2) is 0 Å². The second-order valence-electron chi connectivity index (χ2n) is 4.84. The van der Waals surface area contributed by atoms with Crippen molar-refractivity contribution in [3.05, 3.63) is 29.6 Å². The smallest absolute Gasteiger partial charge is 0.329 e. The zero-order chi connectivity index (χ0) is 17.0. The molecular weight excluding hydrogens is 360 g/mol. The third-order valence-electron chi connectivity index (χ3n) is 3.07. The molecule has 0 heterocycles. The Morgan fingerprint density at radius 2 is 1.91 bits per heavy atom. The van der Waals surface area contributed by atoms with Gasteiger partial charge in [-0.05, 0) is 24.6 Å². The van der Waals surface area contributed by atoms with E-state index in [9.17, 15) is 26.0 Å². The van der Waals surface area contributed by atoms with Gasteiger partial charge < -0.3 is 5.73 Å². The molecule has 1 atom stereocenters. The van der Waals surface area contributed by atoms with Crippen LogP contribution in [0.15, 0.2) is 23.1 Å². The Morgan fingerprint density at radius 1 is 1.30 bits per heavy atom. The molecule has 0 aliphatic carbocycles. The number of hydrogen-bond donors (Lipinski definition) is 2. The molecule has 1 aromatic rings. The minimum Gasteiger partial charge on any atom is -0.329 e. The van der Waals surface area contributed by atoms with Crippen molar-refractivity contribution in [2.45, 2.75) is 43.3 Å². The lowest BCUT2D eigenvalue weighted by Crippen LogP contribution is -2.40. The molecule has 0 amide bonds. The second kappa shape index (κ2) is 8.81. The Bertz CT molecular complexity index is 608. The van der Waals surface area contributed by atoms with Gasteiger partial charge in [0.1, 0.15) is 5.82 Å². The predicted octanol–water partition coefficient (Wildman–Crippen LogP) is 3.06. The van der Waals surface area contributed by atoms with Crippen LogP contribution in [0.3, 0.4) is 0 Å². The molecule has 0 fully saturated rings. The molecule has 10 heteroatoms. The summed E-state index contributed by atoms with van der Waals surface area (Å²) in [5, 5.41) is 0. The van der Waals surface area contributed by atoms with Crippen LogP contribution >= 0.6 is 12.4 Å². The van der Waals surface area contributed by atoms with Crippen molar-refractivity contribution in [2.75, 3.05) is 6.54 Å². The average molecular weight is 379 g/mol. The Kier molecular flexibility index (Phi) is 8.47. The van der Waals surface area contributed by atoms with Crippen LogP contribution in [0.2, 0.25) is 0 Å². The summed E-state index contributed by atoms with van der Waals surface area (Å²) in [6, 6.07) is 0.948. The minimum absolute atomic E-state index is 0. The van der Waals surface area contributed by atoms with Gasteiger partial charge in [-0.2, -0.15) is 13.2 Å². The van der Waals surface area contributed by atoms with Gasteiger partial charge in [0.25, 0.3) is 0 Å². The van der Waals surface area contributed by atoms with Gasteiger partial charge in [0.05, 0.1) is 10.5 Å². The lowest BCUT2D eigenvalue weighted by molar-refractivity contribution is -0.140. The number of benzene rings is 1. The first kappa shape index (κ1) is 22.1. The van der Waals surface area contributed by atoms with Crippen LogP contribution in [0, 0.1) is 5.82 Å². The zero-order valence-electron chi connectivity index (χ0n) is 12.4. The Balaban J connectivity index is 0.00000484. The van der Waals surface area contributed by atoms with E-state index in [2.05, 4.69) is 4.72 Å². The molecule has 134 valence electrons. The lowest BCUT2D eigenvalue weighted by atomic mass is 10.1. The summed E-state index contributed by atoms with van der Waals surface area (Å²) in [5.41, 5.74) is 3.95. The number of hydrogen-bond acceptors (Lipinski definition) is 3. The summed E-state index contributed by atoms with van der Waals surface area (Å²) in [6.07, 6.45) is -2.80. The van der Waals surface area contributed by atoms with Crippen LogP contribution in [0.4, 0.5) is 17.6 Å². The number of alkyl halides is 3. The second-order valence-corrected chi connectivity index (χ2v) is 6.55. The summed E-state index contributed by atoms with van der Waals surface area (Å²) < 4.78 is 77.2. The molecule has 3 N–H and O–H groups in total. The van der Waals surface area contributed by atoms with Crippen LogP contribution in [0.25, 0.3) is 0 Å². The average Bonchev–Trinajstić information content (AvgIpc) is 2.41. The topological polar surface area (TPSA) is 72.2 Å². The minimum atomic E-state index is -4.87. The molecule has 0 bridgehead atoms. The fourth-order valence-electron chi connectivity index (χ4n) is 1.86. The molecule has 0 radical (unpaired) electrons. The van der Waals surface area contributed by atoms with Crippen molar-refractivity contribution < 1.29 is 26.0 Å². The van der Waals surface area contributed by atoms with E-state index in [0.717, 1.165) is 18.9 Å². The van der Waals surface area contributed by atoms with Crippen molar-refractivity contribution in [1.29, 1.82) is 0 Å². The molecule has 0 saturated carbocycles. The first-order chi connectivity index (χ1) is 10.1. The predicted molar refractivity (Wildman–Crippen MR) is 81.3 cm³/mol. The monoisotopic (exact) mass is 378 g/mol. The van der Waals surface area contributed by atoms with E-state index in [4.69, 9.17) is 5.73 Å². The standard InChI is InChI=1S/C13H18F4N2O2S.ClH/c1-2-3-4-9(8-18)19-22(20,21)10-5-6-11(12(14)7-10)13(15,16)17;/h5-7,9,19H,2-4,8,18H2,1H3;1H. The Morgan fingerprint density at radius 3 is 2.35 bits per heavy atom. The number of rotatable bonds is 7. The van der Waals surface area contributed by atoms with E-state index in [-0.39, 0.29) is 19.0 Å². The SMILES string of the molecule is CCCCC(CN)NS(=O)(=O)c1ccc(C(F)(F)F)c(F)c1.Cl. The fourth-order valence-corrected chi connectivity index (χ4v) is 3.15. The van der Waals surface area contributed by atoms with Gasteiger partial charge in [-0.3, -0.25) is 0 Å². The first-order valence-corrected chi connectivity index (χ1v) is 8.19. The summed E-state index contributed by atoms with van der Waals surface area (Å²) in [5.74, 6) is -1.63. The van der Waals surface area contributed by atoms with Gasteiger partial charge >= 0.3 is 6.18 Å². The van der Waals surface area contributed by atoms with E-state index < -0.39 is 38.5 Å². The highest BCUT2D eigenvalue weighted by Gasteiger charge is 2.34. The van der Waals surface area contributed by atoms with Crippen LogP contribution < -0.4 is 10.5 Å². The number of unbranched alkanes of at least 4 members (excludes halogenated alkanes) is 1. The van der Waals surface area contributed by atoms with Crippen molar-refractivity contribution >= 4 is 22.4 Å². The molecule has 0 aromatic heterocycles. The van der Waals surface area contributed by atoms with Crippen LogP contribution in [-0.2, 0) is 16.2 Å². The maximum atomic E-state index is 13.5. The van der Waals surface area contributed by atoms with E-state index in [1.165, 1.54) is 0 Å². The molecule has 4 nitrogen and oxygen atoms in total. The molecule has 1 aromatic carbocycles. The van der Waals surface area contributed by atoms with Crippen LogP contribution in [-0.4, -0.2) is 21.0 Å². The van der Waals surface area contributed by atoms with Crippen LogP contribution in [0.1, 0.15) is 31.7 Å². The molecule has 0 spiro atoms. The van der Waals surface area contributed by atoms with Gasteiger partial charge in [0, 0.05) is 12.6 Å². The normalized spacial score (nSPS) is 13.5. The maximum absolute atomic E-state index is 13.5. The quantitative estimate of drug-likeness (QED) is 0.716. The number of sulfonamides is 1. The summed E-state index contributed by atoms with van der Waals surface area (Å²) in [6.45, 7) is 1.97. The van der Waals surface area contributed by atoms with Gasteiger partial charge in [-0.25, -0.2) is 17.5 Å². The van der Waals surface area contributed by atoms with E-state index in [1.54, 1.807) is 0 Å². The van der Waals surface area contributed by atoms with Gasteiger partial charge in [-0.1, -0.05) is 19.8 Å². The Hall–Kier alpha value is -0.900. The highest BCUT2D eigenvalue weighted by molar-refractivity contribution is 7.89. The first-order valence-electron chi connectivity index (χ1n) is 6.71. The van der Waals surface area contributed by atoms with E-state index in [1.807, 2.05) is 6.92 Å². The third-order valence-corrected chi connectivity index (χ3v) is 4.59. The van der Waals surface area contributed by atoms with Crippen molar-refractivity contribution in [2.24, 2.45) is 5.73 Å². The zero-order valence-corrected chi connectivity index (χ0v) is 14.0. The summed E-state index contributed by atoms with van der Waals surface area (Å²) in [4.78, 5) is -0.562.